The van der Waals surface area contributed by atoms with Crippen molar-refractivity contribution in [2.45, 2.75) is 25.3 Å². The zero-order valence-corrected chi connectivity index (χ0v) is 18.1. The Kier molecular flexibility index (Phi) is 6.13. The van der Waals surface area contributed by atoms with Gasteiger partial charge < -0.3 is 25.2 Å². The molecule has 0 radical (unpaired) electrons. The summed E-state index contributed by atoms with van der Waals surface area (Å²) in [5.41, 5.74) is 1.02. The molecule has 2 aliphatic heterocycles. The van der Waals surface area contributed by atoms with Crippen molar-refractivity contribution in [1.29, 1.82) is 0 Å². The molecule has 2 fully saturated rings. The second-order valence-corrected chi connectivity index (χ2v) is 8.41. The molecule has 2 heterocycles. The number of nitrogens with zero attached hydrogens (tertiary/aromatic N) is 2. The van der Waals surface area contributed by atoms with Crippen LogP contribution in [0, 0.1) is 5.41 Å². The number of methoxy groups -OCH3 is 1. The summed E-state index contributed by atoms with van der Waals surface area (Å²) in [6.07, 6.45) is 2.22. The number of urea groups is 1. The molecule has 7 heteroatoms. The Bertz CT molecular complexity index is 935. The van der Waals surface area contributed by atoms with E-state index < -0.39 is 5.41 Å². The van der Waals surface area contributed by atoms with Gasteiger partial charge in [-0.1, -0.05) is 24.3 Å². The second kappa shape index (κ2) is 8.98. The van der Waals surface area contributed by atoms with Gasteiger partial charge in [-0.15, -0.1) is 0 Å². The molecule has 2 N–H and O–H groups in total. The molecular formula is C24H30N4O3. The minimum Gasteiger partial charge on any atom is -0.497 e. The number of benzene rings is 2. The van der Waals surface area contributed by atoms with Crippen LogP contribution in [0.4, 0.5) is 16.2 Å². The topological polar surface area (TPSA) is 73.9 Å². The maximum atomic E-state index is 13.4. The summed E-state index contributed by atoms with van der Waals surface area (Å²) in [4.78, 5) is 30.5. The van der Waals surface area contributed by atoms with Gasteiger partial charge in [-0.05, 0) is 57.1 Å². The number of carbonyl (C=O) groups is 2. The largest absolute Gasteiger partial charge is 0.497 e. The van der Waals surface area contributed by atoms with Crippen LogP contribution in [0.3, 0.4) is 0 Å². The summed E-state index contributed by atoms with van der Waals surface area (Å²) in [6, 6.07) is 16.9. The van der Waals surface area contributed by atoms with Crippen molar-refractivity contribution >= 4 is 23.3 Å². The molecule has 0 unspecified atom stereocenters. The van der Waals surface area contributed by atoms with Gasteiger partial charge in [0.15, 0.2) is 0 Å². The highest BCUT2D eigenvalue weighted by Gasteiger charge is 2.52. The van der Waals surface area contributed by atoms with E-state index in [1.165, 1.54) is 0 Å². The van der Waals surface area contributed by atoms with Crippen LogP contribution in [0.2, 0.25) is 0 Å². The molecule has 2 atom stereocenters. The van der Waals surface area contributed by atoms with Crippen LogP contribution >= 0.6 is 0 Å². The van der Waals surface area contributed by atoms with Crippen molar-refractivity contribution in [2.24, 2.45) is 5.41 Å². The highest BCUT2D eigenvalue weighted by molar-refractivity contribution is 5.96. The predicted molar refractivity (Wildman–Crippen MR) is 121 cm³/mol. The quantitative estimate of drug-likeness (QED) is 0.789. The molecule has 0 aliphatic carbocycles. The number of hydrogen-bond acceptors (Lipinski definition) is 4. The lowest BCUT2D eigenvalue weighted by Crippen LogP contribution is -2.46. The number of amides is 3. The van der Waals surface area contributed by atoms with Crippen molar-refractivity contribution in [1.82, 2.24) is 9.80 Å². The monoisotopic (exact) mass is 422 g/mol. The standard InChI is InChI=1S/C24H30N4O3/c1-27-15-12-24(22(29)25-18-7-4-3-5-8-18)13-16-28(14-11-21(24)27)23(30)26-19-9-6-10-20(17-19)31-2/h3-10,17,21H,11-16H2,1-2H3,(H,25,29)(H,26,30)/t21-,24-/m0/s1. The molecule has 3 amide bonds. The first-order chi connectivity index (χ1) is 15.0. The first-order valence-corrected chi connectivity index (χ1v) is 10.8. The average molecular weight is 423 g/mol. The van der Waals surface area contributed by atoms with Gasteiger partial charge in [0, 0.05) is 36.6 Å². The lowest BCUT2D eigenvalue weighted by molar-refractivity contribution is -0.127. The minimum atomic E-state index is -0.490. The van der Waals surface area contributed by atoms with Crippen LogP contribution < -0.4 is 15.4 Å². The lowest BCUT2D eigenvalue weighted by atomic mass is 9.75. The smallest absolute Gasteiger partial charge is 0.321 e. The first-order valence-electron chi connectivity index (χ1n) is 10.8. The molecule has 2 aliphatic rings. The van der Waals surface area contributed by atoms with Crippen molar-refractivity contribution in [3.05, 3.63) is 54.6 Å². The molecule has 0 spiro atoms. The molecule has 164 valence electrons. The Morgan fingerprint density at radius 2 is 1.71 bits per heavy atom. The van der Waals surface area contributed by atoms with Gasteiger partial charge in [0.25, 0.3) is 0 Å². The van der Waals surface area contributed by atoms with Crippen LogP contribution in [-0.2, 0) is 4.79 Å². The van der Waals surface area contributed by atoms with Gasteiger partial charge in [-0.25, -0.2) is 4.79 Å². The van der Waals surface area contributed by atoms with Crippen LogP contribution in [0.15, 0.2) is 54.6 Å². The maximum Gasteiger partial charge on any atom is 0.321 e. The number of fused-ring (bicyclic) bond motifs is 1. The summed E-state index contributed by atoms with van der Waals surface area (Å²) in [6.45, 7) is 2.05. The Morgan fingerprint density at radius 3 is 2.48 bits per heavy atom. The number of ether oxygens (including phenoxy) is 1. The van der Waals surface area contributed by atoms with E-state index in [1.807, 2.05) is 53.4 Å². The Balaban J connectivity index is 1.48. The molecule has 4 rings (SSSR count). The zero-order valence-electron chi connectivity index (χ0n) is 18.1. The van der Waals surface area contributed by atoms with E-state index in [2.05, 4.69) is 22.6 Å². The van der Waals surface area contributed by atoms with E-state index in [0.717, 1.165) is 25.1 Å². The first kappa shape index (κ1) is 21.2. The van der Waals surface area contributed by atoms with Crippen molar-refractivity contribution in [3.63, 3.8) is 0 Å². The number of hydrogen-bond donors (Lipinski definition) is 2. The van der Waals surface area contributed by atoms with Crippen molar-refractivity contribution < 1.29 is 14.3 Å². The van der Waals surface area contributed by atoms with E-state index in [0.29, 0.717) is 30.9 Å². The number of anilines is 2. The highest BCUT2D eigenvalue weighted by Crippen LogP contribution is 2.44. The predicted octanol–water partition coefficient (Wildman–Crippen LogP) is 3.65. The number of carbonyl (C=O) groups excluding carboxylic acids is 2. The summed E-state index contributed by atoms with van der Waals surface area (Å²) in [5, 5.41) is 6.09. The molecule has 7 nitrogen and oxygen atoms in total. The normalized spacial score (nSPS) is 23.5. The number of para-hydroxylation sites is 1. The molecule has 2 saturated heterocycles. The SMILES string of the molecule is COc1cccc(NC(=O)N2CC[C@@H]3N(C)CC[C@]3(C(=O)Nc3ccccc3)CC2)c1. The lowest BCUT2D eigenvalue weighted by Gasteiger charge is -2.34. The maximum absolute atomic E-state index is 13.4. The fraction of sp³-hybridized carbons (Fsp3) is 0.417. The van der Waals surface area contributed by atoms with Crippen molar-refractivity contribution in [2.75, 3.05) is 44.4 Å². The van der Waals surface area contributed by atoms with Crippen molar-refractivity contribution in [3.8, 4) is 5.75 Å². The van der Waals surface area contributed by atoms with Gasteiger partial charge in [-0.3, -0.25) is 4.79 Å². The number of likely N-dealkylation sites (tertiary alicyclic amines) is 2. The molecule has 0 saturated carbocycles. The van der Waals surface area contributed by atoms with Gasteiger partial charge in [0.05, 0.1) is 12.5 Å². The van der Waals surface area contributed by atoms with E-state index in [1.54, 1.807) is 13.2 Å². The van der Waals surface area contributed by atoms with E-state index in [-0.39, 0.29) is 18.0 Å². The molecule has 31 heavy (non-hydrogen) atoms. The number of rotatable bonds is 4. The third kappa shape index (κ3) is 4.37. The summed E-state index contributed by atoms with van der Waals surface area (Å²) in [5.74, 6) is 0.754. The highest BCUT2D eigenvalue weighted by atomic mass is 16.5. The van der Waals surface area contributed by atoms with Crippen LogP contribution in [-0.4, -0.2) is 61.6 Å². The van der Waals surface area contributed by atoms with Crippen LogP contribution in [0.1, 0.15) is 19.3 Å². The number of nitrogens with one attached hydrogen (secondary N) is 2. The molecule has 0 bridgehead atoms. The second-order valence-electron chi connectivity index (χ2n) is 8.41. The molecular weight excluding hydrogens is 392 g/mol. The summed E-state index contributed by atoms with van der Waals surface area (Å²) < 4.78 is 5.24. The fourth-order valence-corrected chi connectivity index (χ4v) is 4.89. The van der Waals surface area contributed by atoms with Crippen LogP contribution in [0.25, 0.3) is 0 Å². The Labute approximate surface area is 183 Å². The molecule has 2 aromatic carbocycles. The fourth-order valence-electron chi connectivity index (χ4n) is 4.89. The van der Waals surface area contributed by atoms with E-state index >= 15 is 0 Å². The molecule has 0 aromatic heterocycles. The average Bonchev–Trinajstić information content (AvgIpc) is 2.98. The van der Waals surface area contributed by atoms with Gasteiger partial charge in [0.2, 0.25) is 5.91 Å². The van der Waals surface area contributed by atoms with E-state index in [4.69, 9.17) is 4.74 Å². The van der Waals surface area contributed by atoms with Gasteiger partial charge in [-0.2, -0.15) is 0 Å². The summed E-state index contributed by atoms with van der Waals surface area (Å²) in [7, 11) is 3.68. The van der Waals surface area contributed by atoms with E-state index in [9.17, 15) is 9.59 Å². The third-order valence-electron chi connectivity index (χ3n) is 6.67. The van der Waals surface area contributed by atoms with Gasteiger partial charge >= 0.3 is 6.03 Å². The zero-order chi connectivity index (χ0) is 21.8. The minimum absolute atomic E-state index is 0.0584. The summed E-state index contributed by atoms with van der Waals surface area (Å²) >= 11 is 0. The Hall–Kier alpha value is -3.06. The van der Waals surface area contributed by atoms with Crippen LogP contribution in [0.5, 0.6) is 5.75 Å². The molecule has 2 aromatic rings. The van der Waals surface area contributed by atoms with Gasteiger partial charge in [0.1, 0.15) is 5.75 Å². The Morgan fingerprint density at radius 1 is 0.968 bits per heavy atom. The third-order valence-corrected chi connectivity index (χ3v) is 6.67.